The van der Waals surface area contributed by atoms with Gasteiger partial charge in [0.1, 0.15) is 0 Å². The first-order chi connectivity index (χ1) is 9.01. The Hall–Kier alpha value is -0.485. The molecule has 1 aliphatic carbocycles. The Kier molecular flexibility index (Phi) is 4.02. The third-order valence-corrected chi connectivity index (χ3v) is 4.67. The van der Waals surface area contributed by atoms with Crippen molar-refractivity contribution in [3.8, 4) is 0 Å². The number of alkyl halides is 3. The molecule has 1 unspecified atom stereocenters. The Morgan fingerprint density at radius 2 is 1.70 bits per heavy atom. The van der Waals surface area contributed by atoms with Gasteiger partial charge in [0.25, 0.3) is 0 Å². The second-order valence-corrected chi connectivity index (χ2v) is 6.78. The fourth-order valence-electron chi connectivity index (χ4n) is 2.68. The van der Waals surface area contributed by atoms with Crippen LogP contribution in [0.25, 0.3) is 0 Å². The van der Waals surface area contributed by atoms with Crippen LogP contribution in [0.3, 0.4) is 0 Å². The van der Waals surface area contributed by atoms with Gasteiger partial charge < -0.3 is 9.31 Å². The minimum absolute atomic E-state index is 0.0770. The largest absolute Gasteiger partial charge is 0.487 e. The highest BCUT2D eigenvalue weighted by molar-refractivity contribution is 6.51. The van der Waals surface area contributed by atoms with Gasteiger partial charge in [0.05, 0.1) is 17.1 Å². The summed E-state index contributed by atoms with van der Waals surface area (Å²) in [7, 11) is -0.540. The quantitative estimate of drug-likeness (QED) is 0.670. The zero-order valence-corrected chi connectivity index (χ0v) is 12.5. The van der Waals surface area contributed by atoms with Gasteiger partial charge in [-0.3, -0.25) is 0 Å². The maximum absolute atomic E-state index is 12.8. The van der Waals surface area contributed by atoms with E-state index < -0.39 is 30.4 Å². The average molecular weight is 290 g/mol. The minimum atomic E-state index is -4.10. The van der Waals surface area contributed by atoms with Crippen LogP contribution >= 0.6 is 0 Å². The predicted molar refractivity (Wildman–Crippen MR) is 72.2 cm³/mol. The number of halogens is 3. The van der Waals surface area contributed by atoms with Crippen molar-refractivity contribution in [3.63, 3.8) is 0 Å². The molecule has 0 radical (unpaired) electrons. The van der Waals surface area contributed by atoms with E-state index >= 15 is 0 Å². The Labute approximate surface area is 118 Å². The van der Waals surface area contributed by atoms with Crippen molar-refractivity contribution in [1.82, 2.24) is 0 Å². The van der Waals surface area contributed by atoms with Gasteiger partial charge in [-0.25, -0.2) is 0 Å². The lowest BCUT2D eigenvalue weighted by Crippen LogP contribution is -2.41. The van der Waals surface area contributed by atoms with Crippen LogP contribution in [0.4, 0.5) is 13.2 Å². The summed E-state index contributed by atoms with van der Waals surface area (Å²) in [5, 5.41) is 0. The van der Waals surface area contributed by atoms with Gasteiger partial charge in [-0.1, -0.05) is 11.5 Å². The van der Waals surface area contributed by atoms with Crippen LogP contribution in [0.15, 0.2) is 11.5 Å². The van der Waals surface area contributed by atoms with Gasteiger partial charge in [-0.15, -0.1) is 0 Å². The van der Waals surface area contributed by atoms with E-state index in [4.69, 9.17) is 9.31 Å². The third-order valence-electron chi connectivity index (χ3n) is 4.67. The number of rotatable bonds is 1. The summed E-state index contributed by atoms with van der Waals surface area (Å²) in [5.41, 5.74) is -0.100. The molecule has 20 heavy (non-hydrogen) atoms. The standard InChI is InChI=1S/C14H22BF3O2/c1-12(2)13(3,4)20-15(19-12)9-10-6-5-7-11(8-10)14(16,17)18/h9,11H,5-8H2,1-4H3/b10-9-. The molecule has 0 N–H and O–H groups in total. The molecule has 0 amide bonds. The average Bonchev–Trinajstić information content (AvgIpc) is 2.46. The van der Waals surface area contributed by atoms with E-state index in [2.05, 4.69) is 0 Å². The van der Waals surface area contributed by atoms with Gasteiger partial charge in [-0.2, -0.15) is 13.2 Å². The number of allylic oxidation sites excluding steroid dienone is 1. The first kappa shape index (κ1) is 15.9. The van der Waals surface area contributed by atoms with Crippen molar-refractivity contribution in [1.29, 1.82) is 0 Å². The second kappa shape index (κ2) is 5.06. The monoisotopic (exact) mass is 290 g/mol. The molecule has 2 rings (SSSR count). The van der Waals surface area contributed by atoms with E-state index in [-0.39, 0.29) is 12.8 Å². The second-order valence-electron chi connectivity index (χ2n) is 6.78. The molecule has 1 atom stereocenters. The summed E-state index contributed by atoms with van der Waals surface area (Å²) in [6.45, 7) is 7.74. The van der Waals surface area contributed by atoms with E-state index in [0.29, 0.717) is 12.8 Å². The SMILES string of the molecule is CC1(C)OB(/C=C2/CCCC(C(F)(F)F)C2)OC1(C)C. The maximum Gasteiger partial charge on any atom is 0.487 e. The van der Waals surface area contributed by atoms with E-state index in [1.807, 2.05) is 27.7 Å². The van der Waals surface area contributed by atoms with Crippen molar-refractivity contribution in [2.75, 3.05) is 0 Å². The Bertz CT molecular complexity index is 386. The highest BCUT2D eigenvalue weighted by Crippen LogP contribution is 2.41. The molecule has 0 aromatic carbocycles. The number of hydrogen-bond acceptors (Lipinski definition) is 2. The first-order valence-corrected chi connectivity index (χ1v) is 7.13. The van der Waals surface area contributed by atoms with Crippen molar-refractivity contribution in [2.24, 2.45) is 5.92 Å². The molecule has 6 heteroatoms. The van der Waals surface area contributed by atoms with Crippen LogP contribution in [0, 0.1) is 5.92 Å². The van der Waals surface area contributed by atoms with Crippen LogP contribution in [-0.2, 0) is 9.31 Å². The molecule has 2 nitrogen and oxygen atoms in total. The van der Waals surface area contributed by atoms with Crippen molar-refractivity contribution < 1.29 is 22.5 Å². The van der Waals surface area contributed by atoms with Gasteiger partial charge >= 0.3 is 13.3 Å². The molecule has 114 valence electrons. The topological polar surface area (TPSA) is 18.5 Å². The zero-order valence-electron chi connectivity index (χ0n) is 12.5. The number of hydrogen-bond donors (Lipinski definition) is 0. The predicted octanol–water partition coefficient (Wildman–Crippen LogP) is 4.30. The van der Waals surface area contributed by atoms with Crippen LogP contribution < -0.4 is 0 Å². The molecule has 0 spiro atoms. The summed E-state index contributed by atoms with van der Waals surface area (Å²) in [5.74, 6) is 0.527. The van der Waals surface area contributed by atoms with Gasteiger partial charge in [0, 0.05) is 0 Å². The Morgan fingerprint density at radius 1 is 1.15 bits per heavy atom. The summed E-state index contributed by atoms with van der Waals surface area (Å²) in [4.78, 5) is 0. The molecule has 0 aromatic heterocycles. The van der Waals surface area contributed by atoms with E-state index in [1.165, 1.54) is 0 Å². The summed E-state index contributed by atoms with van der Waals surface area (Å²) in [6.07, 6.45) is -2.51. The molecule has 1 aliphatic heterocycles. The lowest BCUT2D eigenvalue weighted by atomic mass is 9.78. The summed E-state index contributed by atoms with van der Waals surface area (Å²) < 4.78 is 50.0. The van der Waals surface area contributed by atoms with Crippen molar-refractivity contribution in [3.05, 3.63) is 11.5 Å². The lowest BCUT2D eigenvalue weighted by molar-refractivity contribution is -0.178. The molecular weight excluding hydrogens is 268 g/mol. The highest BCUT2D eigenvalue weighted by Gasteiger charge is 2.50. The summed E-state index contributed by atoms with van der Waals surface area (Å²) in [6, 6.07) is 0. The smallest absolute Gasteiger partial charge is 0.400 e. The zero-order chi connectivity index (χ0) is 15.2. The molecule has 0 bridgehead atoms. The first-order valence-electron chi connectivity index (χ1n) is 7.13. The lowest BCUT2D eigenvalue weighted by Gasteiger charge is -2.32. The molecule has 2 aliphatic rings. The van der Waals surface area contributed by atoms with E-state index in [1.54, 1.807) is 5.98 Å². The highest BCUT2D eigenvalue weighted by atomic mass is 19.4. The van der Waals surface area contributed by atoms with Crippen molar-refractivity contribution >= 4 is 7.12 Å². The van der Waals surface area contributed by atoms with Gasteiger partial charge in [0.2, 0.25) is 0 Å². The van der Waals surface area contributed by atoms with Crippen LogP contribution in [0.2, 0.25) is 0 Å². The Morgan fingerprint density at radius 3 is 2.20 bits per heavy atom. The minimum Gasteiger partial charge on any atom is -0.400 e. The van der Waals surface area contributed by atoms with Crippen LogP contribution in [0.5, 0.6) is 0 Å². The maximum atomic E-state index is 12.8. The third kappa shape index (κ3) is 3.22. The molecule has 1 saturated carbocycles. The van der Waals surface area contributed by atoms with Crippen molar-refractivity contribution in [2.45, 2.75) is 70.8 Å². The van der Waals surface area contributed by atoms with Gasteiger partial charge in [-0.05, 0) is 53.4 Å². The molecule has 0 aromatic rings. The molecule has 1 saturated heterocycles. The molecule has 2 fully saturated rings. The van der Waals surface area contributed by atoms with Gasteiger partial charge in [0.15, 0.2) is 0 Å². The fourth-order valence-corrected chi connectivity index (χ4v) is 2.68. The van der Waals surface area contributed by atoms with E-state index in [9.17, 15) is 13.2 Å². The van der Waals surface area contributed by atoms with Crippen LogP contribution in [0.1, 0.15) is 53.4 Å². The summed E-state index contributed by atoms with van der Waals surface area (Å²) >= 11 is 0. The molecular formula is C14H22BF3O2. The van der Waals surface area contributed by atoms with Crippen LogP contribution in [-0.4, -0.2) is 24.5 Å². The normalized spacial score (nSPS) is 31.9. The molecule has 1 heterocycles. The Balaban J connectivity index is 2.05. The van der Waals surface area contributed by atoms with E-state index in [0.717, 1.165) is 5.57 Å². The fraction of sp³-hybridized carbons (Fsp3) is 0.857.